The Kier molecular flexibility index (Phi) is 4.12. The van der Waals surface area contributed by atoms with Crippen molar-refractivity contribution < 1.29 is 9.47 Å². The Morgan fingerprint density at radius 1 is 1.05 bits per heavy atom. The number of rotatable bonds is 4. The van der Waals surface area contributed by atoms with E-state index in [9.17, 15) is 4.79 Å². The van der Waals surface area contributed by atoms with Crippen LogP contribution in [0.15, 0.2) is 71.5 Å². The third kappa shape index (κ3) is 3.38. The molecule has 0 radical (unpaired) electrons. The third-order valence-electron chi connectivity index (χ3n) is 3.35. The minimum atomic E-state index is -0.126. The Labute approximate surface area is 123 Å². The molecule has 2 aromatic carbocycles. The molecule has 0 saturated carbocycles. The average Bonchev–Trinajstić information content (AvgIpc) is 2.98. The van der Waals surface area contributed by atoms with E-state index >= 15 is 0 Å². The maximum absolute atomic E-state index is 12.0. The zero-order valence-electron chi connectivity index (χ0n) is 11.6. The van der Waals surface area contributed by atoms with Gasteiger partial charge in [-0.3, -0.25) is 4.79 Å². The molecule has 1 aliphatic rings. The summed E-state index contributed by atoms with van der Waals surface area (Å²) in [4.78, 5) is 12.0. The fourth-order valence-corrected chi connectivity index (χ4v) is 2.21. The van der Waals surface area contributed by atoms with E-state index in [0.29, 0.717) is 19.0 Å². The molecule has 106 valence electrons. The maximum Gasteiger partial charge on any atom is 0.220 e. The van der Waals surface area contributed by atoms with Crippen LogP contribution >= 0.6 is 0 Å². The average molecular weight is 280 g/mol. The summed E-state index contributed by atoms with van der Waals surface area (Å²) in [6.07, 6.45) is 3.89. The predicted molar refractivity (Wildman–Crippen MR) is 81.3 cm³/mol. The summed E-state index contributed by atoms with van der Waals surface area (Å²) in [7, 11) is 0. The molecular weight excluding hydrogens is 264 g/mol. The van der Waals surface area contributed by atoms with Crippen LogP contribution in [0.5, 0.6) is 5.75 Å². The van der Waals surface area contributed by atoms with Crippen molar-refractivity contribution in [2.75, 3.05) is 6.61 Å². The Morgan fingerprint density at radius 3 is 2.62 bits per heavy atom. The summed E-state index contributed by atoms with van der Waals surface area (Å²) < 4.78 is 11.2. The van der Waals surface area contributed by atoms with E-state index in [0.717, 1.165) is 11.1 Å². The van der Waals surface area contributed by atoms with Crippen molar-refractivity contribution in [3.05, 3.63) is 88.1 Å². The van der Waals surface area contributed by atoms with Gasteiger partial charge in [0.1, 0.15) is 12.7 Å². The summed E-state index contributed by atoms with van der Waals surface area (Å²) in [5.74, 6) is 0.354. The molecule has 0 spiro atoms. The summed E-state index contributed by atoms with van der Waals surface area (Å²) in [5, 5.41) is 0. The first-order valence-electron chi connectivity index (χ1n) is 6.92. The van der Waals surface area contributed by atoms with Crippen LogP contribution in [-0.2, 0) is 11.3 Å². The molecule has 1 atom stereocenters. The van der Waals surface area contributed by atoms with Crippen molar-refractivity contribution >= 4 is 0 Å². The molecule has 0 aromatic heterocycles. The quantitative estimate of drug-likeness (QED) is 0.806. The zero-order chi connectivity index (χ0) is 14.5. The topological polar surface area (TPSA) is 35.5 Å². The van der Waals surface area contributed by atoms with Crippen LogP contribution in [0.3, 0.4) is 0 Å². The van der Waals surface area contributed by atoms with E-state index in [2.05, 4.69) is 0 Å². The molecule has 21 heavy (non-hydrogen) atoms. The highest BCUT2D eigenvalue weighted by atomic mass is 16.5. The van der Waals surface area contributed by atoms with E-state index in [1.807, 2.05) is 48.6 Å². The van der Waals surface area contributed by atoms with Gasteiger partial charge in [0.25, 0.3) is 0 Å². The molecule has 1 aliphatic heterocycles. The lowest BCUT2D eigenvalue weighted by atomic mass is 10.1. The van der Waals surface area contributed by atoms with Crippen LogP contribution in [0.25, 0.3) is 0 Å². The molecule has 0 bridgehead atoms. The molecule has 0 N–H and O–H groups in total. The highest BCUT2D eigenvalue weighted by molar-refractivity contribution is 5.29. The van der Waals surface area contributed by atoms with Crippen molar-refractivity contribution in [3.63, 3.8) is 0 Å². The molecule has 0 aliphatic carbocycles. The van der Waals surface area contributed by atoms with E-state index in [1.54, 1.807) is 12.1 Å². The van der Waals surface area contributed by atoms with Crippen molar-refractivity contribution in [2.24, 2.45) is 0 Å². The fraction of sp³-hybridized carbons (Fsp3) is 0.167. The summed E-state index contributed by atoms with van der Waals surface area (Å²) in [6.45, 7) is 1.00. The molecular formula is C18H16O3. The van der Waals surface area contributed by atoms with Gasteiger partial charge in [-0.25, -0.2) is 0 Å². The second kappa shape index (κ2) is 6.37. The molecule has 1 unspecified atom stereocenters. The molecule has 0 amide bonds. The lowest BCUT2D eigenvalue weighted by Crippen LogP contribution is -2.04. The van der Waals surface area contributed by atoms with Crippen molar-refractivity contribution in [2.45, 2.75) is 12.7 Å². The zero-order valence-corrected chi connectivity index (χ0v) is 11.6. The van der Waals surface area contributed by atoms with Gasteiger partial charge in [-0.05, 0) is 23.3 Å². The Hall–Kier alpha value is -2.39. The second-order valence-electron chi connectivity index (χ2n) is 4.85. The van der Waals surface area contributed by atoms with Gasteiger partial charge in [0.15, 0.2) is 5.75 Å². The molecule has 2 aromatic rings. The smallest absolute Gasteiger partial charge is 0.220 e. The van der Waals surface area contributed by atoms with Gasteiger partial charge in [-0.2, -0.15) is 0 Å². The Balaban J connectivity index is 1.78. The first-order chi connectivity index (χ1) is 10.3. The molecule has 1 heterocycles. The Bertz CT molecular complexity index is 692. The van der Waals surface area contributed by atoms with Gasteiger partial charge in [-0.15, -0.1) is 0 Å². The van der Waals surface area contributed by atoms with Gasteiger partial charge in [0.2, 0.25) is 5.43 Å². The SMILES string of the molecule is O=c1ccc(C2C=CCO2)ccc1OCc1ccccc1. The number of hydrogen-bond donors (Lipinski definition) is 0. The van der Waals surface area contributed by atoms with Crippen LogP contribution < -0.4 is 10.2 Å². The lowest BCUT2D eigenvalue weighted by Gasteiger charge is -2.05. The minimum absolute atomic E-state index is 0.0706. The molecule has 3 heteroatoms. The Morgan fingerprint density at radius 2 is 1.86 bits per heavy atom. The van der Waals surface area contributed by atoms with Crippen LogP contribution in [0.1, 0.15) is 17.2 Å². The lowest BCUT2D eigenvalue weighted by molar-refractivity contribution is 0.129. The van der Waals surface area contributed by atoms with Crippen LogP contribution in [-0.4, -0.2) is 6.61 Å². The number of benzene rings is 1. The van der Waals surface area contributed by atoms with Crippen LogP contribution in [0, 0.1) is 0 Å². The van der Waals surface area contributed by atoms with Gasteiger partial charge in [0, 0.05) is 0 Å². The predicted octanol–water partition coefficient (Wildman–Crippen LogP) is 3.25. The van der Waals surface area contributed by atoms with Gasteiger partial charge in [0.05, 0.1) is 6.61 Å². The normalized spacial score (nSPS) is 16.9. The fourth-order valence-electron chi connectivity index (χ4n) is 2.21. The van der Waals surface area contributed by atoms with Crippen LogP contribution in [0.4, 0.5) is 0 Å². The van der Waals surface area contributed by atoms with Crippen molar-refractivity contribution in [1.29, 1.82) is 0 Å². The van der Waals surface area contributed by atoms with Crippen molar-refractivity contribution in [1.82, 2.24) is 0 Å². The largest absolute Gasteiger partial charge is 0.485 e. The maximum atomic E-state index is 12.0. The molecule has 0 fully saturated rings. The summed E-state index contributed by atoms with van der Waals surface area (Å²) in [5.41, 5.74) is 1.86. The van der Waals surface area contributed by atoms with E-state index in [-0.39, 0.29) is 11.5 Å². The van der Waals surface area contributed by atoms with Gasteiger partial charge >= 0.3 is 0 Å². The summed E-state index contributed by atoms with van der Waals surface area (Å²) in [6, 6.07) is 16.7. The highest BCUT2D eigenvalue weighted by Gasteiger charge is 2.11. The first kappa shape index (κ1) is 13.6. The standard InChI is InChI=1S/C18H16O3/c19-16-10-8-15(17-7-4-12-20-17)9-11-18(16)21-13-14-5-2-1-3-6-14/h1-11,17H,12-13H2. The van der Waals surface area contributed by atoms with E-state index < -0.39 is 0 Å². The van der Waals surface area contributed by atoms with Gasteiger partial charge in [-0.1, -0.05) is 54.6 Å². The van der Waals surface area contributed by atoms with Gasteiger partial charge < -0.3 is 9.47 Å². The number of hydrogen-bond acceptors (Lipinski definition) is 3. The molecule has 0 saturated heterocycles. The van der Waals surface area contributed by atoms with Crippen molar-refractivity contribution in [3.8, 4) is 5.75 Å². The monoisotopic (exact) mass is 280 g/mol. The third-order valence-corrected chi connectivity index (χ3v) is 3.35. The van der Waals surface area contributed by atoms with E-state index in [4.69, 9.17) is 9.47 Å². The molecule has 3 nitrogen and oxygen atoms in total. The number of ether oxygens (including phenoxy) is 2. The summed E-state index contributed by atoms with van der Waals surface area (Å²) >= 11 is 0. The first-order valence-corrected chi connectivity index (χ1v) is 6.92. The molecule has 3 rings (SSSR count). The second-order valence-corrected chi connectivity index (χ2v) is 4.85. The highest BCUT2D eigenvalue weighted by Crippen LogP contribution is 2.22. The minimum Gasteiger partial charge on any atom is -0.485 e. The van der Waals surface area contributed by atoms with E-state index in [1.165, 1.54) is 6.07 Å². The van der Waals surface area contributed by atoms with Crippen LogP contribution in [0.2, 0.25) is 0 Å².